The molecule has 3 rings (SSSR count). The summed E-state index contributed by atoms with van der Waals surface area (Å²) in [6.45, 7) is 3.58. The van der Waals surface area contributed by atoms with E-state index in [9.17, 15) is 4.79 Å². The summed E-state index contributed by atoms with van der Waals surface area (Å²) in [5.74, 6) is 0.641. The van der Waals surface area contributed by atoms with Gasteiger partial charge in [-0.15, -0.1) is 0 Å². The summed E-state index contributed by atoms with van der Waals surface area (Å²) < 4.78 is 7.33. The summed E-state index contributed by atoms with van der Waals surface area (Å²) >= 11 is 0. The van der Waals surface area contributed by atoms with Gasteiger partial charge in [0.25, 0.3) is 5.56 Å². The van der Waals surface area contributed by atoms with Crippen LogP contribution in [0.15, 0.2) is 65.5 Å². The van der Waals surface area contributed by atoms with Crippen molar-refractivity contribution in [1.82, 2.24) is 9.55 Å². The average molecular weight is 292 g/mol. The molecule has 0 bridgehead atoms. The number of hydrogen-bond acceptors (Lipinski definition) is 3. The Morgan fingerprint density at radius 3 is 2.14 bits per heavy atom. The SMILES string of the molecule is Cc1nc(Oc2ccccc2)n(-c2ccccc2)c(=O)c1C. The number of nitrogens with zero attached hydrogens (tertiary/aromatic N) is 2. The molecule has 2 aromatic carbocycles. The van der Waals surface area contributed by atoms with Crippen LogP contribution in [0.4, 0.5) is 0 Å². The highest BCUT2D eigenvalue weighted by Crippen LogP contribution is 2.21. The quantitative estimate of drug-likeness (QED) is 0.740. The third-order valence-corrected chi connectivity index (χ3v) is 3.49. The Balaban J connectivity index is 2.19. The normalized spacial score (nSPS) is 10.5. The zero-order valence-electron chi connectivity index (χ0n) is 12.5. The van der Waals surface area contributed by atoms with Crippen molar-refractivity contribution in [3.8, 4) is 17.4 Å². The van der Waals surface area contributed by atoms with Gasteiger partial charge in [-0.25, -0.2) is 9.55 Å². The Kier molecular flexibility index (Phi) is 3.74. The fourth-order valence-corrected chi connectivity index (χ4v) is 2.15. The molecular formula is C18H16N2O2. The molecule has 110 valence electrons. The molecule has 1 heterocycles. The van der Waals surface area contributed by atoms with Crippen LogP contribution < -0.4 is 10.3 Å². The lowest BCUT2D eigenvalue weighted by Crippen LogP contribution is -2.24. The monoisotopic (exact) mass is 292 g/mol. The van der Waals surface area contributed by atoms with Gasteiger partial charge in [0.1, 0.15) is 5.75 Å². The molecule has 0 amide bonds. The first kappa shape index (κ1) is 14.1. The summed E-state index contributed by atoms with van der Waals surface area (Å²) in [6.07, 6.45) is 0. The highest BCUT2D eigenvalue weighted by atomic mass is 16.5. The lowest BCUT2D eigenvalue weighted by molar-refractivity contribution is 0.422. The Bertz CT molecular complexity index is 840. The summed E-state index contributed by atoms with van der Waals surface area (Å²) in [4.78, 5) is 17.1. The molecule has 0 aliphatic carbocycles. The van der Waals surface area contributed by atoms with E-state index in [1.54, 1.807) is 6.92 Å². The van der Waals surface area contributed by atoms with Gasteiger partial charge >= 0.3 is 6.01 Å². The van der Waals surface area contributed by atoms with E-state index >= 15 is 0 Å². The number of aromatic nitrogens is 2. The first-order valence-electron chi connectivity index (χ1n) is 7.05. The number of para-hydroxylation sites is 2. The van der Waals surface area contributed by atoms with Gasteiger partial charge in [0.2, 0.25) is 0 Å². The van der Waals surface area contributed by atoms with Crippen molar-refractivity contribution >= 4 is 0 Å². The minimum Gasteiger partial charge on any atom is -0.425 e. The van der Waals surface area contributed by atoms with Gasteiger partial charge in [-0.05, 0) is 38.1 Å². The van der Waals surface area contributed by atoms with Crippen molar-refractivity contribution < 1.29 is 4.74 Å². The van der Waals surface area contributed by atoms with Crippen molar-refractivity contribution in [3.63, 3.8) is 0 Å². The maximum atomic E-state index is 12.6. The fraction of sp³-hybridized carbons (Fsp3) is 0.111. The second-order valence-electron chi connectivity index (χ2n) is 5.00. The molecule has 0 unspecified atom stereocenters. The van der Waals surface area contributed by atoms with E-state index in [0.717, 1.165) is 5.69 Å². The zero-order valence-corrected chi connectivity index (χ0v) is 12.5. The van der Waals surface area contributed by atoms with E-state index in [2.05, 4.69) is 4.98 Å². The second kappa shape index (κ2) is 5.85. The zero-order chi connectivity index (χ0) is 15.5. The number of aryl methyl sites for hydroxylation is 1. The van der Waals surface area contributed by atoms with Gasteiger partial charge in [-0.3, -0.25) is 4.79 Å². The predicted octanol–water partition coefficient (Wildman–Crippen LogP) is 3.64. The van der Waals surface area contributed by atoms with Crippen molar-refractivity contribution in [2.75, 3.05) is 0 Å². The lowest BCUT2D eigenvalue weighted by atomic mass is 10.2. The predicted molar refractivity (Wildman–Crippen MR) is 85.8 cm³/mol. The largest absolute Gasteiger partial charge is 0.425 e. The first-order chi connectivity index (χ1) is 10.7. The van der Waals surface area contributed by atoms with Crippen LogP contribution in [0.25, 0.3) is 5.69 Å². The van der Waals surface area contributed by atoms with Crippen LogP contribution in [0, 0.1) is 13.8 Å². The van der Waals surface area contributed by atoms with Crippen LogP contribution in [0.2, 0.25) is 0 Å². The topological polar surface area (TPSA) is 44.1 Å². The smallest absolute Gasteiger partial charge is 0.309 e. The van der Waals surface area contributed by atoms with Crippen LogP contribution in [-0.4, -0.2) is 9.55 Å². The number of benzene rings is 2. The van der Waals surface area contributed by atoms with Gasteiger partial charge in [-0.1, -0.05) is 36.4 Å². The van der Waals surface area contributed by atoms with Gasteiger partial charge in [0.05, 0.1) is 11.4 Å². The molecule has 0 saturated carbocycles. The molecule has 0 aliphatic heterocycles. The van der Waals surface area contributed by atoms with Crippen molar-refractivity contribution in [3.05, 3.63) is 82.3 Å². The van der Waals surface area contributed by atoms with E-state index in [0.29, 0.717) is 17.0 Å². The molecule has 0 aliphatic rings. The van der Waals surface area contributed by atoms with Crippen LogP contribution in [0.5, 0.6) is 11.8 Å². The van der Waals surface area contributed by atoms with Crippen LogP contribution in [-0.2, 0) is 0 Å². The molecule has 0 atom stereocenters. The number of rotatable bonds is 3. The summed E-state index contributed by atoms with van der Waals surface area (Å²) in [6, 6.07) is 19.0. The van der Waals surface area contributed by atoms with Gasteiger partial charge in [0.15, 0.2) is 0 Å². The van der Waals surface area contributed by atoms with Gasteiger partial charge in [0, 0.05) is 5.56 Å². The molecule has 22 heavy (non-hydrogen) atoms. The maximum Gasteiger partial charge on any atom is 0.309 e. The third kappa shape index (κ3) is 2.63. The molecule has 0 N–H and O–H groups in total. The van der Waals surface area contributed by atoms with Crippen molar-refractivity contribution in [1.29, 1.82) is 0 Å². The van der Waals surface area contributed by atoms with Crippen molar-refractivity contribution in [2.45, 2.75) is 13.8 Å². The molecule has 0 spiro atoms. The highest BCUT2D eigenvalue weighted by molar-refractivity contribution is 5.37. The van der Waals surface area contributed by atoms with Crippen molar-refractivity contribution in [2.24, 2.45) is 0 Å². The van der Waals surface area contributed by atoms with Gasteiger partial charge in [-0.2, -0.15) is 0 Å². The van der Waals surface area contributed by atoms with Gasteiger partial charge < -0.3 is 4.74 Å². The molecule has 0 saturated heterocycles. The molecule has 4 nitrogen and oxygen atoms in total. The molecule has 4 heteroatoms. The average Bonchev–Trinajstić information content (AvgIpc) is 2.55. The highest BCUT2D eigenvalue weighted by Gasteiger charge is 2.14. The van der Waals surface area contributed by atoms with Crippen LogP contribution >= 0.6 is 0 Å². The standard InChI is InChI=1S/C18H16N2O2/c1-13-14(2)19-18(22-16-11-7-4-8-12-16)20(17(13)21)15-9-5-3-6-10-15/h3-12H,1-2H3. The minimum atomic E-state index is -0.121. The Hall–Kier alpha value is -2.88. The van der Waals surface area contributed by atoms with Crippen LogP contribution in [0.1, 0.15) is 11.3 Å². The number of hydrogen-bond donors (Lipinski definition) is 0. The van der Waals surface area contributed by atoms with Crippen LogP contribution in [0.3, 0.4) is 0 Å². The summed E-state index contributed by atoms with van der Waals surface area (Å²) in [5, 5.41) is 0. The van der Waals surface area contributed by atoms with E-state index in [-0.39, 0.29) is 11.6 Å². The molecular weight excluding hydrogens is 276 g/mol. The van der Waals surface area contributed by atoms with E-state index in [1.165, 1.54) is 4.57 Å². The van der Waals surface area contributed by atoms with E-state index < -0.39 is 0 Å². The first-order valence-corrected chi connectivity index (χ1v) is 7.05. The second-order valence-corrected chi connectivity index (χ2v) is 5.00. The Labute approximate surface area is 128 Å². The Morgan fingerprint density at radius 2 is 1.50 bits per heavy atom. The molecule has 0 radical (unpaired) electrons. The maximum absolute atomic E-state index is 12.6. The molecule has 1 aromatic heterocycles. The lowest BCUT2D eigenvalue weighted by Gasteiger charge is -2.14. The van der Waals surface area contributed by atoms with E-state index in [4.69, 9.17) is 4.74 Å². The van der Waals surface area contributed by atoms with E-state index in [1.807, 2.05) is 67.6 Å². The fourth-order valence-electron chi connectivity index (χ4n) is 2.15. The number of ether oxygens (including phenoxy) is 1. The summed E-state index contributed by atoms with van der Waals surface area (Å²) in [5.41, 5.74) is 1.89. The third-order valence-electron chi connectivity index (χ3n) is 3.49. The molecule has 3 aromatic rings. The minimum absolute atomic E-state index is 0.121. The molecule has 0 fully saturated rings. The Morgan fingerprint density at radius 1 is 0.909 bits per heavy atom. The summed E-state index contributed by atoms with van der Waals surface area (Å²) in [7, 11) is 0.